The van der Waals surface area contributed by atoms with E-state index in [1.807, 2.05) is 26.0 Å². The number of carbonyl (C=O) groups excluding carboxylic acids is 1. The third-order valence-corrected chi connectivity index (χ3v) is 2.36. The van der Waals surface area contributed by atoms with Crippen molar-refractivity contribution in [3.05, 3.63) is 29.3 Å². The van der Waals surface area contributed by atoms with Crippen LogP contribution in [0.25, 0.3) is 0 Å². The third-order valence-electron chi connectivity index (χ3n) is 2.36. The van der Waals surface area contributed by atoms with Gasteiger partial charge < -0.3 is 4.74 Å². The van der Waals surface area contributed by atoms with E-state index >= 15 is 0 Å². The van der Waals surface area contributed by atoms with Crippen LogP contribution in [-0.2, 0) is 4.74 Å². The molecule has 0 aliphatic heterocycles. The standard InChI is InChI=1S/C13H20N2O2/c1-9-6-7-11(8-10(9)2)15(14)12(16)17-13(3,4)5/h6-8H,14H2,1-5H3. The topological polar surface area (TPSA) is 55.6 Å². The van der Waals surface area contributed by atoms with Gasteiger partial charge in [0.2, 0.25) is 0 Å². The van der Waals surface area contributed by atoms with Crippen LogP contribution in [0.4, 0.5) is 10.5 Å². The first-order chi connectivity index (χ1) is 7.70. The Morgan fingerprint density at radius 1 is 1.24 bits per heavy atom. The average Bonchev–Trinajstić information content (AvgIpc) is 2.18. The number of hydrazine groups is 1. The fourth-order valence-electron chi connectivity index (χ4n) is 1.29. The van der Waals surface area contributed by atoms with E-state index in [-0.39, 0.29) is 0 Å². The Kier molecular flexibility index (Phi) is 3.78. The first kappa shape index (κ1) is 13.5. The number of hydrogen-bond donors (Lipinski definition) is 1. The maximum absolute atomic E-state index is 11.7. The van der Waals surface area contributed by atoms with Crippen LogP contribution in [0.3, 0.4) is 0 Å². The Labute approximate surface area is 102 Å². The van der Waals surface area contributed by atoms with E-state index < -0.39 is 11.7 Å². The van der Waals surface area contributed by atoms with E-state index in [1.54, 1.807) is 26.8 Å². The van der Waals surface area contributed by atoms with Crippen LogP contribution in [0.15, 0.2) is 18.2 Å². The number of ether oxygens (including phenoxy) is 1. The molecule has 94 valence electrons. The first-order valence-corrected chi connectivity index (χ1v) is 5.56. The van der Waals surface area contributed by atoms with Gasteiger partial charge in [-0.3, -0.25) is 0 Å². The second-order valence-electron chi connectivity index (χ2n) is 5.12. The van der Waals surface area contributed by atoms with Crippen molar-refractivity contribution in [1.29, 1.82) is 0 Å². The van der Waals surface area contributed by atoms with E-state index in [4.69, 9.17) is 10.6 Å². The number of anilines is 1. The van der Waals surface area contributed by atoms with Gasteiger partial charge in [-0.25, -0.2) is 15.6 Å². The molecule has 0 saturated carbocycles. The van der Waals surface area contributed by atoms with Crippen molar-refractivity contribution in [2.75, 3.05) is 5.01 Å². The molecule has 1 aromatic rings. The molecule has 0 bridgehead atoms. The molecular weight excluding hydrogens is 216 g/mol. The van der Waals surface area contributed by atoms with E-state index in [1.165, 1.54) is 0 Å². The summed E-state index contributed by atoms with van der Waals surface area (Å²) in [5.41, 5.74) is 2.32. The average molecular weight is 236 g/mol. The number of benzene rings is 1. The van der Waals surface area contributed by atoms with Gasteiger partial charge in [-0.15, -0.1) is 0 Å². The molecule has 0 heterocycles. The Morgan fingerprint density at radius 2 is 1.82 bits per heavy atom. The SMILES string of the molecule is Cc1ccc(N(N)C(=O)OC(C)(C)C)cc1C. The van der Waals surface area contributed by atoms with Crippen molar-refractivity contribution in [3.63, 3.8) is 0 Å². The molecule has 4 heteroatoms. The second-order valence-corrected chi connectivity index (χ2v) is 5.12. The van der Waals surface area contributed by atoms with Crippen LogP contribution in [0.1, 0.15) is 31.9 Å². The Hall–Kier alpha value is -1.55. The number of carbonyl (C=O) groups is 1. The van der Waals surface area contributed by atoms with Crippen LogP contribution in [0, 0.1) is 13.8 Å². The van der Waals surface area contributed by atoms with Crippen molar-refractivity contribution < 1.29 is 9.53 Å². The first-order valence-electron chi connectivity index (χ1n) is 5.56. The summed E-state index contributed by atoms with van der Waals surface area (Å²) in [6.45, 7) is 9.40. The smallest absolute Gasteiger partial charge is 0.429 e. The van der Waals surface area contributed by atoms with Gasteiger partial charge in [-0.2, -0.15) is 0 Å². The zero-order valence-electron chi connectivity index (χ0n) is 11.1. The lowest BCUT2D eigenvalue weighted by Gasteiger charge is -2.24. The molecule has 0 fully saturated rings. The minimum absolute atomic E-state index is 0.547. The van der Waals surface area contributed by atoms with Crippen molar-refractivity contribution in [1.82, 2.24) is 0 Å². The van der Waals surface area contributed by atoms with E-state index in [0.29, 0.717) is 5.69 Å². The summed E-state index contributed by atoms with van der Waals surface area (Å²) in [5.74, 6) is 5.72. The zero-order chi connectivity index (χ0) is 13.2. The highest BCUT2D eigenvalue weighted by Crippen LogP contribution is 2.18. The lowest BCUT2D eigenvalue weighted by Crippen LogP contribution is -2.41. The lowest BCUT2D eigenvalue weighted by atomic mass is 10.1. The highest BCUT2D eigenvalue weighted by atomic mass is 16.6. The Bertz CT molecular complexity index is 422. The predicted molar refractivity (Wildman–Crippen MR) is 68.8 cm³/mol. The quantitative estimate of drug-likeness (QED) is 0.463. The van der Waals surface area contributed by atoms with Crippen LogP contribution < -0.4 is 10.9 Å². The van der Waals surface area contributed by atoms with E-state index in [9.17, 15) is 4.79 Å². The van der Waals surface area contributed by atoms with Gasteiger partial charge in [0.05, 0.1) is 5.69 Å². The summed E-state index contributed by atoms with van der Waals surface area (Å²) in [6.07, 6.45) is -0.555. The van der Waals surface area contributed by atoms with Gasteiger partial charge in [0, 0.05) is 0 Å². The van der Waals surface area contributed by atoms with Gasteiger partial charge >= 0.3 is 6.09 Å². The summed E-state index contributed by atoms with van der Waals surface area (Å²) < 4.78 is 5.19. The van der Waals surface area contributed by atoms with E-state index in [2.05, 4.69) is 0 Å². The molecule has 1 rings (SSSR count). The van der Waals surface area contributed by atoms with Crippen LogP contribution in [0.5, 0.6) is 0 Å². The molecule has 0 aliphatic rings. The summed E-state index contributed by atoms with van der Waals surface area (Å²) in [4.78, 5) is 11.7. The molecule has 4 nitrogen and oxygen atoms in total. The minimum Gasteiger partial charge on any atom is -0.442 e. The van der Waals surface area contributed by atoms with Crippen LogP contribution in [0.2, 0.25) is 0 Å². The van der Waals surface area contributed by atoms with Gasteiger partial charge in [0.25, 0.3) is 0 Å². The highest BCUT2D eigenvalue weighted by Gasteiger charge is 2.21. The molecule has 0 unspecified atom stereocenters. The molecule has 1 aromatic carbocycles. The number of nitrogens with two attached hydrogens (primary N) is 1. The van der Waals surface area contributed by atoms with Gasteiger partial charge in [0.15, 0.2) is 0 Å². The Morgan fingerprint density at radius 3 is 2.29 bits per heavy atom. The molecule has 0 spiro atoms. The molecule has 0 radical (unpaired) electrons. The fraction of sp³-hybridized carbons (Fsp3) is 0.462. The monoisotopic (exact) mass is 236 g/mol. The molecule has 0 aliphatic carbocycles. The van der Waals surface area contributed by atoms with Crippen molar-refractivity contribution in [3.8, 4) is 0 Å². The summed E-state index contributed by atoms with van der Waals surface area (Å²) >= 11 is 0. The number of aryl methyl sites for hydroxylation is 2. The predicted octanol–water partition coefficient (Wildman–Crippen LogP) is 2.92. The molecule has 17 heavy (non-hydrogen) atoms. The third kappa shape index (κ3) is 3.75. The van der Waals surface area contributed by atoms with Crippen molar-refractivity contribution in [2.24, 2.45) is 5.84 Å². The number of nitrogens with zero attached hydrogens (tertiary/aromatic N) is 1. The highest BCUT2D eigenvalue weighted by molar-refractivity contribution is 5.86. The van der Waals surface area contributed by atoms with Crippen molar-refractivity contribution >= 4 is 11.8 Å². The van der Waals surface area contributed by atoms with Gasteiger partial charge in [0.1, 0.15) is 5.60 Å². The normalized spacial score (nSPS) is 11.2. The van der Waals surface area contributed by atoms with Gasteiger partial charge in [-0.05, 0) is 57.9 Å². The molecule has 0 atom stereocenters. The summed E-state index contributed by atoms with van der Waals surface area (Å²) in [5, 5.41) is 1.03. The zero-order valence-corrected chi connectivity index (χ0v) is 11.1. The summed E-state index contributed by atoms with van der Waals surface area (Å²) in [7, 11) is 0. The van der Waals surface area contributed by atoms with Crippen LogP contribution >= 0.6 is 0 Å². The minimum atomic E-state index is -0.555. The van der Waals surface area contributed by atoms with E-state index in [0.717, 1.165) is 16.1 Å². The number of hydrogen-bond acceptors (Lipinski definition) is 3. The van der Waals surface area contributed by atoms with Gasteiger partial charge in [-0.1, -0.05) is 6.07 Å². The lowest BCUT2D eigenvalue weighted by molar-refractivity contribution is 0.0580. The molecule has 0 saturated heterocycles. The Balaban J connectivity index is 2.85. The summed E-state index contributed by atoms with van der Waals surface area (Å²) in [6, 6.07) is 5.58. The van der Waals surface area contributed by atoms with Crippen molar-refractivity contribution in [2.45, 2.75) is 40.2 Å². The number of rotatable bonds is 1. The molecule has 0 aromatic heterocycles. The molecule has 2 N–H and O–H groups in total. The second kappa shape index (κ2) is 4.75. The maximum Gasteiger partial charge on any atom is 0.429 e. The largest absolute Gasteiger partial charge is 0.442 e. The van der Waals surface area contributed by atoms with Crippen LogP contribution in [-0.4, -0.2) is 11.7 Å². The molecule has 1 amide bonds. The maximum atomic E-state index is 11.7. The molecular formula is C13H20N2O2. The fourth-order valence-corrected chi connectivity index (χ4v) is 1.29. The number of amides is 1.